The zero-order chi connectivity index (χ0) is 15.8. The van der Waals surface area contributed by atoms with Gasteiger partial charge in [0.2, 0.25) is 0 Å². The van der Waals surface area contributed by atoms with Crippen molar-refractivity contribution in [2.24, 2.45) is 0 Å². The van der Waals surface area contributed by atoms with Crippen LogP contribution in [-0.2, 0) is 0 Å². The molecule has 22 heavy (non-hydrogen) atoms. The Hall–Kier alpha value is -1.30. The van der Waals surface area contributed by atoms with Gasteiger partial charge in [-0.25, -0.2) is 0 Å². The second kappa shape index (κ2) is 8.98. The summed E-state index contributed by atoms with van der Waals surface area (Å²) in [6.45, 7) is 7.83. The van der Waals surface area contributed by atoms with E-state index in [2.05, 4.69) is 17.1 Å². The molecule has 1 aliphatic heterocycles. The molecule has 1 fully saturated rings. The van der Waals surface area contributed by atoms with E-state index in [4.69, 9.17) is 9.47 Å². The van der Waals surface area contributed by atoms with Crippen LogP contribution in [0.25, 0.3) is 0 Å². The molecule has 0 radical (unpaired) electrons. The predicted octanol–water partition coefficient (Wildman–Crippen LogP) is 1.81. The van der Waals surface area contributed by atoms with Gasteiger partial charge in [-0.05, 0) is 30.5 Å². The summed E-state index contributed by atoms with van der Waals surface area (Å²) >= 11 is 0. The van der Waals surface area contributed by atoms with Crippen molar-refractivity contribution in [3.8, 4) is 11.5 Å². The van der Waals surface area contributed by atoms with Gasteiger partial charge in [0, 0.05) is 32.7 Å². The standard InChI is InChI=1S/C17H28N2O3/c1-3-12-22-16-5-4-14(13-17(16)21-2)15(20)6-9-19-10-7-18-8-11-19/h4-5,13,15,18,20H,3,6-12H2,1-2H3. The highest BCUT2D eigenvalue weighted by Crippen LogP contribution is 2.31. The van der Waals surface area contributed by atoms with Gasteiger partial charge >= 0.3 is 0 Å². The quantitative estimate of drug-likeness (QED) is 0.767. The van der Waals surface area contributed by atoms with E-state index in [0.29, 0.717) is 12.4 Å². The van der Waals surface area contributed by atoms with Crippen LogP contribution in [0.15, 0.2) is 18.2 Å². The first-order chi connectivity index (χ1) is 10.7. The number of methoxy groups -OCH3 is 1. The van der Waals surface area contributed by atoms with Crippen molar-refractivity contribution in [1.82, 2.24) is 10.2 Å². The lowest BCUT2D eigenvalue weighted by Gasteiger charge is -2.28. The Morgan fingerprint density at radius 1 is 1.27 bits per heavy atom. The summed E-state index contributed by atoms with van der Waals surface area (Å²) in [4.78, 5) is 2.38. The van der Waals surface area contributed by atoms with E-state index in [1.54, 1.807) is 7.11 Å². The minimum atomic E-state index is -0.469. The highest BCUT2D eigenvalue weighted by molar-refractivity contribution is 5.43. The molecule has 0 aliphatic carbocycles. The summed E-state index contributed by atoms with van der Waals surface area (Å²) in [7, 11) is 1.63. The molecule has 1 unspecified atom stereocenters. The van der Waals surface area contributed by atoms with Gasteiger partial charge in [-0.3, -0.25) is 0 Å². The van der Waals surface area contributed by atoms with Crippen molar-refractivity contribution >= 4 is 0 Å². The van der Waals surface area contributed by atoms with Gasteiger partial charge in [0.1, 0.15) is 0 Å². The lowest BCUT2D eigenvalue weighted by molar-refractivity contribution is 0.136. The van der Waals surface area contributed by atoms with E-state index in [1.165, 1.54) is 0 Å². The van der Waals surface area contributed by atoms with E-state index in [9.17, 15) is 5.11 Å². The van der Waals surface area contributed by atoms with Crippen LogP contribution in [0.4, 0.5) is 0 Å². The fourth-order valence-electron chi connectivity index (χ4n) is 2.63. The van der Waals surface area contributed by atoms with Crippen molar-refractivity contribution in [2.75, 3.05) is 46.4 Å². The fraction of sp³-hybridized carbons (Fsp3) is 0.647. The van der Waals surface area contributed by atoms with Crippen molar-refractivity contribution in [2.45, 2.75) is 25.9 Å². The van der Waals surface area contributed by atoms with Crippen LogP contribution in [-0.4, -0.2) is 56.4 Å². The first-order valence-electron chi connectivity index (χ1n) is 8.16. The molecule has 1 aliphatic rings. The van der Waals surface area contributed by atoms with Crippen LogP contribution >= 0.6 is 0 Å². The monoisotopic (exact) mass is 308 g/mol. The number of piperazine rings is 1. The summed E-state index contributed by atoms with van der Waals surface area (Å²) in [5.74, 6) is 1.43. The maximum Gasteiger partial charge on any atom is 0.161 e. The highest BCUT2D eigenvalue weighted by atomic mass is 16.5. The minimum absolute atomic E-state index is 0.469. The molecular formula is C17H28N2O3. The Morgan fingerprint density at radius 2 is 2.05 bits per heavy atom. The van der Waals surface area contributed by atoms with Gasteiger partial charge in [0.15, 0.2) is 11.5 Å². The third-order valence-electron chi connectivity index (χ3n) is 3.96. The topological polar surface area (TPSA) is 54.0 Å². The summed E-state index contributed by atoms with van der Waals surface area (Å²) in [6, 6.07) is 5.70. The zero-order valence-electron chi connectivity index (χ0n) is 13.7. The van der Waals surface area contributed by atoms with E-state index in [1.807, 2.05) is 18.2 Å². The molecule has 124 valence electrons. The number of benzene rings is 1. The summed E-state index contributed by atoms with van der Waals surface area (Å²) in [5, 5.41) is 13.7. The molecular weight excluding hydrogens is 280 g/mol. The second-order valence-corrected chi connectivity index (χ2v) is 5.65. The van der Waals surface area contributed by atoms with Crippen LogP contribution in [0.2, 0.25) is 0 Å². The van der Waals surface area contributed by atoms with Crippen molar-refractivity contribution in [3.63, 3.8) is 0 Å². The van der Waals surface area contributed by atoms with E-state index in [-0.39, 0.29) is 0 Å². The summed E-state index contributed by atoms with van der Waals surface area (Å²) in [5.41, 5.74) is 0.885. The third kappa shape index (κ3) is 4.87. The molecule has 1 aromatic carbocycles. The number of aliphatic hydroxyl groups is 1. The first kappa shape index (κ1) is 17.1. The van der Waals surface area contributed by atoms with E-state index in [0.717, 1.165) is 56.9 Å². The lowest BCUT2D eigenvalue weighted by Crippen LogP contribution is -2.44. The molecule has 1 aromatic rings. The minimum Gasteiger partial charge on any atom is -0.493 e. The van der Waals surface area contributed by atoms with Crippen LogP contribution < -0.4 is 14.8 Å². The molecule has 1 atom stereocenters. The largest absolute Gasteiger partial charge is 0.493 e. The number of hydrogen-bond acceptors (Lipinski definition) is 5. The van der Waals surface area contributed by atoms with E-state index >= 15 is 0 Å². The molecule has 0 spiro atoms. The summed E-state index contributed by atoms with van der Waals surface area (Å²) in [6.07, 6.45) is 1.22. The van der Waals surface area contributed by atoms with Gasteiger partial charge < -0.3 is 24.8 Å². The summed E-state index contributed by atoms with van der Waals surface area (Å²) < 4.78 is 11.0. The zero-order valence-corrected chi connectivity index (χ0v) is 13.7. The normalized spacial score (nSPS) is 17.2. The first-order valence-corrected chi connectivity index (χ1v) is 8.16. The van der Waals surface area contributed by atoms with Crippen molar-refractivity contribution < 1.29 is 14.6 Å². The number of aliphatic hydroxyl groups excluding tert-OH is 1. The molecule has 0 amide bonds. The Morgan fingerprint density at radius 3 is 2.73 bits per heavy atom. The fourth-order valence-corrected chi connectivity index (χ4v) is 2.63. The molecule has 2 N–H and O–H groups in total. The van der Waals surface area contributed by atoms with Crippen LogP contribution in [0, 0.1) is 0 Å². The molecule has 2 rings (SSSR count). The van der Waals surface area contributed by atoms with Crippen LogP contribution in [0.3, 0.4) is 0 Å². The van der Waals surface area contributed by atoms with Gasteiger partial charge in [-0.1, -0.05) is 13.0 Å². The average Bonchev–Trinajstić information content (AvgIpc) is 2.58. The Kier molecular flexibility index (Phi) is 6.96. The molecule has 0 saturated carbocycles. The predicted molar refractivity (Wildman–Crippen MR) is 87.7 cm³/mol. The number of rotatable bonds is 8. The Labute approximate surface area is 133 Å². The highest BCUT2D eigenvalue weighted by Gasteiger charge is 2.15. The maximum absolute atomic E-state index is 10.4. The average molecular weight is 308 g/mol. The number of ether oxygens (including phenoxy) is 2. The molecule has 1 heterocycles. The SMILES string of the molecule is CCCOc1ccc(C(O)CCN2CCNCC2)cc1OC. The smallest absolute Gasteiger partial charge is 0.161 e. The van der Waals surface area contributed by atoms with Gasteiger partial charge in [-0.2, -0.15) is 0 Å². The maximum atomic E-state index is 10.4. The van der Waals surface area contributed by atoms with Gasteiger partial charge in [0.05, 0.1) is 19.8 Å². The molecule has 5 heteroatoms. The molecule has 0 aromatic heterocycles. The van der Waals surface area contributed by atoms with Gasteiger partial charge in [0.25, 0.3) is 0 Å². The number of hydrogen-bond donors (Lipinski definition) is 2. The van der Waals surface area contributed by atoms with Crippen molar-refractivity contribution in [1.29, 1.82) is 0 Å². The van der Waals surface area contributed by atoms with Gasteiger partial charge in [-0.15, -0.1) is 0 Å². The molecule has 1 saturated heterocycles. The van der Waals surface area contributed by atoms with Crippen LogP contribution in [0.1, 0.15) is 31.4 Å². The molecule has 0 bridgehead atoms. The van der Waals surface area contributed by atoms with Crippen molar-refractivity contribution in [3.05, 3.63) is 23.8 Å². The molecule has 5 nitrogen and oxygen atoms in total. The third-order valence-corrected chi connectivity index (χ3v) is 3.96. The Bertz CT molecular complexity index is 448. The Balaban J connectivity index is 1.92. The number of nitrogens with zero attached hydrogens (tertiary/aromatic N) is 1. The number of nitrogens with one attached hydrogen (secondary N) is 1. The van der Waals surface area contributed by atoms with Crippen LogP contribution in [0.5, 0.6) is 11.5 Å². The van der Waals surface area contributed by atoms with E-state index < -0.39 is 6.10 Å². The second-order valence-electron chi connectivity index (χ2n) is 5.65. The lowest BCUT2D eigenvalue weighted by atomic mass is 10.1.